The normalized spacial score (nSPS) is 12.2. The molecule has 6 aromatic heterocycles. The van der Waals surface area contributed by atoms with Gasteiger partial charge in [-0.05, 0) is 138 Å². The molecule has 0 amide bonds. The minimum absolute atomic E-state index is 0.848. The summed E-state index contributed by atoms with van der Waals surface area (Å²) in [7, 11) is 0. The fraction of sp³-hybridized carbons (Fsp3) is 0.0323. The van der Waals surface area contributed by atoms with E-state index in [9.17, 15) is 0 Å². The maximum absolute atomic E-state index is 7.01. The van der Waals surface area contributed by atoms with Crippen LogP contribution in [0.2, 0.25) is 0 Å². The Kier molecular flexibility index (Phi) is 11.8. The lowest BCUT2D eigenvalue weighted by Crippen LogP contribution is -2.13. The number of para-hydroxylation sites is 5. The Labute approximate surface area is 569 Å². The van der Waals surface area contributed by atoms with Gasteiger partial charge in [0.25, 0.3) is 0 Å². The summed E-state index contributed by atoms with van der Waals surface area (Å²) in [5.74, 6) is 0. The second-order valence-corrected chi connectivity index (χ2v) is 26.8. The van der Waals surface area contributed by atoms with Gasteiger partial charge in [-0.1, -0.05) is 243 Å². The molecule has 0 bridgehead atoms. The van der Waals surface area contributed by atoms with Crippen LogP contribution in [0.25, 0.3) is 165 Å². The summed E-state index contributed by atoms with van der Waals surface area (Å²) in [6.45, 7) is 6.67. The van der Waals surface area contributed by atoms with Crippen LogP contribution in [0.1, 0.15) is 16.7 Å². The Bertz CT molecular complexity index is 6880. The van der Waals surface area contributed by atoms with Crippen molar-refractivity contribution in [3.63, 3.8) is 0 Å². The fourth-order valence-corrected chi connectivity index (χ4v) is 16.9. The molecule has 0 aliphatic rings. The highest BCUT2D eigenvalue weighted by atomic mass is 16.3. The zero-order valence-electron chi connectivity index (χ0n) is 54.6. The number of hydrogen-bond acceptors (Lipinski definition) is 4. The van der Waals surface area contributed by atoms with E-state index in [-0.39, 0.29) is 0 Å². The van der Waals surface area contributed by atoms with Crippen LogP contribution in [0.4, 0.5) is 34.1 Å². The first-order valence-corrected chi connectivity index (χ1v) is 34.1. The van der Waals surface area contributed by atoms with E-state index < -0.39 is 0 Å². The summed E-state index contributed by atoms with van der Waals surface area (Å²) in [5, 5.41) is 14.0. The largest absolute Gasteiger partial charge is 0.454 e. The van der Waals surface area contributed by atoms with Crippen molar-refractivity contribution in [3.05, 3.63) is 326 Å². The second kappa shape index (κ2) is 21.0. The molecule has 0 spiro atoms. The minimum atomic E-state index is 0.848. The summed E-state index contributed by atoms with van der Waals surface area (Å²) < 4.78 is 19.2. The SMILES string of the molecule is Cc1ccc(-c2ccccc2)cc1N(c1ccc2c(c1)c1cccc3c4c(-c5ccccc5)c5c(c(-c6ccccc6)c4n2c13)c1cccc2c3cc(N(c4cc(-c6ccccc6)ccc4C)c4c(C)ccc6c4oc4ccccc46)ccc3n5c21)c1cccc2c1oc1ccccc12. The Morgan fingerprint density at radius 2 is 0.657 bits per heavy atom. The van der Waals surface area contributed by atoms with Gasteiger partial charge in [0.1, 0.15) is 11.2 Å². The van der Waals surface area contributed by atoms with Crippen LogP contribution in [0.3, 0.4) is 0 Å². The van der Waals surface area contributed by atoms with Gasteiger partial charge >= 0.3 is 0 Å². The van der Waals surface area contributed by atoms with Crippen molar-refractivity contribution >= 4 is 154 Å². The molecule has 21 rings (SSSR count). The number of benzene rings is 15. The molecule has 6 heterocycles. The molecule has 0 unspecified atom stereocenters. The van der Waals surface area contributed by atoms with E-state index in [1.54, 1.807) is 0 Å². The molecule has 21 aromatic rings. The molecule has 0 radical (unpaired) electrons. The highest BCUT2D eigenvalue weighted by Gasteiger charge is 2.33. The average Bonchev–Trinajstić information content (AvgIpc) is 1.50. The van der Waals surface area contributed by atoms with Crippen molar-refractivity contribution in [2.75, 3.05) is 9.80 Å². The smallest absolute Gasteiger partial charge is 0.159 e. The van der Waals surface area contributed by atoms with Crippen molar-refractivity contribution in [2.45, 2.75) is 20.8 Å². The highest BCUT2D eigenvalue weighted by Crippen LogP contribution is 2.56. The Morgan fingerprint density at radius 1 is 0.253 bits per heavy atom. The van der Waals surface area contributed by atoms with Crippen molar-refractivity contribution in [1.29, 1.82) is 0 Å². The van der Waals surface area contributed by atoms with Gasteiger partial charge in [-0.3, -0.25) is 0 Å². The van der Waals surface area contributed by atoms with Gasteiger partial charge in [-0.25, -0.2) is 0 Å². The second-order valence-electron chi connectivity index (χ2n) is 26.8. The van der Waals surface area contributed by atoms with Crippen LogP contribution < -0.4 is 9.80 Å². The lowest BCUT2D eigenvalue weighted by atomic mass is 9.89. The molecule has 99 heavy (non-hydrogen) atoms. The molecule has 15 aromatic carbocycles. The van der Waals surface area contributed by atoms with Crippen molar-refractivity contribution in [1.82, 2.24) is 8.80 Å². The first-order valence-electron chi connectivity index (χ1n) is 34.1. The Morgan fingerprint density at radius 3 is 1.18 bits per heavy atom. The molecule has 0 aliphatic carbocycles. The van der Waals surface area contributed by atoms with Gasteiger partial charge in [0.15, 0.2) is 11.2 Å². The summed E-state index contributed by atoms with van der Waals surface area (Å²) in [4.78, 5) is 4.90. The number of fused-ring (bicyclic) bond motifs is 18. The van der Waals surface area contributed by atoms with E-state index >= 15 is 0 Å². The zero-order valence-corrected chi connectivity index (χ0v) is 54.6. The lowest BCUT2D eigenvalue weighted by Gasteiger charge is -2.29. The van der Waals surface area contributed by atoms with E-state index in [2.05, 4.69) is 349 Å². The van der Waals surface area contributed by atoms with Crippen LogP contribution in [-0.2, 0) is 0 Å². The van der Waals surface area contributed by atoms with Crippen LogP contribution in [-0.4, -0.2) is 8.80 Å². The van der Waals surface area contributed by atoms with Crippen LogP contribution in [0, 0.1) is 20.8 Å². The van der Waals surface area contributed by atoms with E-state index in [1.165, 1.54) is 81.8 Å². The fourth-order valence-electron chi connectivity index (χ4n) is 16.9. The van der Waals surface area contributed by atoms with Gasteiger partial charge < -0.3 is 27.4 Å². The Balaban J connectivity index is 0.847. The summed E-state index contributed by atoms with van der Waals surface area (Å²) in [6.07, 6.45) is 0. The van der Waals surface area contributed by atoms with Gasteiger partial charge in [-0.2, -0.15) is 0 Å². The standard InChI is InChI=1S/C93H60N4O2/c1-55-41-44-62(58-23-8-4-9-24-58)51-79(55)94(78-38-22-35-70-66-31-16-18-39-81(66)98-92(70)78)64-46-49-76-74(53-64)68-33-20-36-72-85-84(61-29-14-7-15-30-61)91-86(83(60-27-12-6-13-28-60)90(85)96(76)88(68)72)73-37-21-34-69-75-54-65(47-50-77(75)97(91)89(69)73)95(80-52-63(45-42-56(80)2)59-25-10-5-11-26-59)87-57(3)43-48-71-67-32-17-19-40-82(67)99-93(71)87/h4-54H,1-3H3. The maximum Gasteiger partial charge on any atom is 0.159 e. The first-order chi connectivity index (χ1) is 48.9. The monoisotopic (exact) mass is 1260 g/mol. The van der Waals surface area contributed by atoms with E-state index in [4.69, 9.17) is 8.83 Å². The molecule has 0 saturated carbocycles. The predicted molar refractivity (Wildman–Crippen MR) is 416 cm³/mol. The van der Waals surface area contributed by atoms with Crippen molar-refractivity contribution in [3.8, 4) is 44.5 Å². The molecule has 0 aliphatic heterocycles. The summed E-state index contributed by atoms with van der Waals surface area (Å²) in [6, 6.07) is 114. The minimum Gasteiger partial charge on any atom is -0.454 e. The van der Waals surface area contributed by atoms with Gasteiger partial charge in [0.05, 0.1) is 44.5 Å². The molecule has 0 fully saturated rings. The zero-order chi connectivity index (χ0) is 65.3. The third-order valence-corrected chi connectivity index (χ3v) is 21.3. The molecule has 464 valence electrons. The van der Waals surface area contributed by atoms with Crippen LogP contribution in [0.5, 0.6) is 0 Å². The van der Waals surface area contributed by atoms with E-state index in [1.807, 2.05) is 0 Å². The molecular weight excluding hydrogens is 1210 g/mol. The summed E-state index contributed by atoms with van der Waals surface area (Å²) in [5.41, 5.74) is 29.6. The molecule has 0 N–H and O–H groups in total. The highest BCUT2D eigenvalue weighted by molar-refractivity contribution is 6.38. The van der Waals surface area contributed by atoms with E-state index in [0.29, 0.717) is 0 Å². The Hall–Kier alpha value is -12.9. The number of nitrogens with zero attached hydrogens (tertiary/aromatic N) is 4. The number of hydrogen-bond donors (Lipinski definition) is 0. The third-order valence-electron chi connectivity index (χ3n) is 21.3. The number of rotatable bonds is 10. The van der Waals surface area contributed by atoms with Gasteiger partial charge in [0.2, 0.25) is 0 Å². The molecule has 0 saturated heterocycles. The van der Waals surface area contributed by atoms with E-state index in [0.717, 1.165) is 134 Å². The topological polar surface area (TPSA) is 41.6 Å². The number of furan rings is 2. The number of aromatic nitrogens is 2. The average molecular weight is 1270 g/mol. The quantitative estimate of drug-likeness (QED) is 0.137. The van der Waals surface area contributed by atoms with Crippen molar-refractivity contribution in [2.24, 2.45) is 0 Å². The molecule has 6 heteroatoms. The lowest BCUT2D eigenvalue weighted by molar-refractivity contribution is 0.668. The third kappa shape index (κ3) is 7.94. The molecule has 6 nitrogen and oxygen atoms in total. The molecular formula is C93H60N4O2. The van der Waals surface area contributed by atoms with Gasteiger partial charge in [-0.15, -0.1) is 0 Å². The number of anilines is 6. The van der Waals surface area contributed by atoms with Crippen LogP contribution >= 0.6 is 0 Å². The van der Waals surface area contributed by atoms with Crippen LogP contribution in [0.15, 0.2) is 318 Å². The van der Waals surface area contributed by atoms with Gasteiger partial charge in [0, 0.05) is 98.5 Å². The maximum atomic E-state index is 7.01. The van der Waals surface area contributed by atoms with Crippen molar-refractivity contribution < 1.29 is 8.83 Å². The first kappa shape index (κ1) is 55.4. The predicted octanol–water partition coefficient (Wildman–Crippen LogP) is 26.3. The summed E-state index contributed by atoms with van der Waals surface area (Å²) >= 11 is 0. The molecule has 0 atom stereocenters. The number of aryl methyl sites for hydroxylation is 3.